The molecule has 0 radical (unpaired) electrons. The molecule has 4 nitrogen and oxygen atoms in total. The molecule has 1 fully saturated rings. The molecule has 0 aliphatic heterocycles. The first-order valence-corrected chi connectivity index (χ1v) is 8.64. The first-order chi connectivity index (χ1) is 12.4. The largest absolute Gasteiger partial charge is 0.489 e. The molecule has 1 N–H and O–H groups in total. The summed E-state index contributed by atoms with van der Waals surface area (Å²) in [6.45, 7) is 1.32. The van der Waals surface area contributed by atoms with E-state index < -0.39 is 0 Å². The Kier molecular flexibility index (Phi) is 4.70. The summed E-state index contributed by atoms with van der Waals surface area (Å²) in [4.78, 5) is 8.49. The quantitative estimate of drug-likeness (QED) is 0.717. The predicted molar refractivity (Wildman–Crippen MR) is 97.2 cm³/mol. The number of hydrogen-bond acceptors (Lipinski definition) is 4. The molecule has 4 rings (SSSR count). The minimum atomic E-state index is 0.514. The fourth-order valence-corrected chi connectivity index (χ4v) is 2.98. The molecule has 1 aromatic heterocycles. The fourth-order valence-electron chi connectivity index (χ4n) is 2.98. The molecule has 3 aromatic rings. The topological polar surface area (TPSA) is 47.0 Å². The van der Waals surface area contributed by atoms with Gasteiger partial charge >= 0.3 is 0 Å². The van der Waals surface area contributed by atoms with Crippen LogP contribution in [0.2, 0.25) is 0 Å². The SMILES string of the molecule is c1ccc(COc2ccc(C3CC3NCc3ncccn3)cc2)cc1. The molecule has 4 heteroatoms. The molecule has 0 saturated heterocycles. The number of ether oxygens (including phenoxy) is 1. The summed E-state index contributed by atoms with van der Waals surface area (Å²) in [6.07, 6.45) is 4.72. The van der Waals surface area contributed by atoms with E-state index in [0.717, 1.165) is 24.5 Å². The summed E-state index contributed by atoms with van der Waals surface area (Å²) in [5.41, 5.74) is 2.54. The van der Waals surface area contributed by atoms with Crippen LogP contribution in [0.1, 0.15) is 29.3 Å². The molecule has 1 saturated carbocycles. The molecule has 2 atom stereocenters. The van der Waals surface area contributed by atoms with Gasteiger partial charge in [0.15, 0.2) is 0 Å². The molecule has 1 heterocycles. The highest BCUT2D eigenvalue weighted by atomic mass is 16.5. The maximum absolute atomic E-state index is 5.85. The maximum Gasteiger partial charge on any atom is 0.141 e. The van der Waals surface area contributed by atoms with Gasteiger partial charge in [-0.15, -0.1) is 0 Å². The number of nitrogens with one attached hydrogen (secondary N) is 1. The van der Waals surface area contributed by atoms with Crippen LogP contribution in [0.25, 0.3) is 0 Å². The van der Waals surface area contributed by atoms with Crippen LogP contribution in [0.15, 0.2) is 73.1 Å². The van der Waals surface area contributed by atoms with Gasteiger partial charge in [0.25, 0.3) is 0 Å². The van der Waals surface area contributed by atoms with Crippen molar-refractivity contribution in [2.24, 2.45) is 0 Å². The third-order valence-electron chi connectivity index (χ3n) is 4.49. The molecule has 2 aromatic carbocycles. The number of nitrogens with zero attached hydrogens (tertiary/aromatic N) is 2. The van der Waals surface area contributed by atoms with Crippen molar-refractivity contribution in [1.29, 1.82) is 0 Å². The molecule has 0 bridgehead atoms. The van der Waals surface area contributed by atoms with Crippen molar-refractivity contribution in [2.75, 3.05) is 0 Å². The lowest BCUT2D eigenvalue weighted by Crippen LogP contribution is -2.18. The zero-order valence-electron chi connectivity index (χ0n) is 14.0. The number of rotatable bonds is 7. The van der Waals surface area contributed by atoms with Gasteiger partial charge < -0.3 is 10.1 Å². The van der Waals surface area contributed by atoms with Gasteiger partial charge in [-0.1, -0.05) is 42.5 Å². The second-order valence-electron chi connectivity index (χ2n) is 6.34. The Morgan fingerprint density at radius 1 is 0.920 bits per heavy atom. The van der Waals surface area contributed by atoms with Crippen LogP contribution >= 0.6 is 0 Å². The Hall–Kier alpha value is -2.72. The molecule has 1 aliphatic rings. The highest BCUT2D eigenvalue weighted by Crippen LogP contribution is 2.41. The van der Waals surface area contributed by atoms with Crippen LogP contribution < -0.4 is 10.1 Å². The smallest absolute Gasteiger partial charge is 0.141 e. The van der Waals surface area contributed by atoms with E-state index >= 15 is 0 Å². The van der Waals surface area contributed by atoms with Crippen molar-refractivity contribution in [3.8, 4) is 5.75 Å². The van der Waals surface area contributed by atoms with Crippen molar-refractivity contribution >= 4 is 0 Å². The average Bonchev–Trinajstić information content (AvgIpc) is 3.47. The molecule has 2 unspecified atom stereocenters. The summed E-state index contributed by atoms with van der Waals surface area (Å²) in [7, 11) is 0. The molecule has 0 spiro atoms. The van der Waals surface area contributed by atoms with Crippen LogP contribution in [-0.4, -0.2) is 16.0 Å². The minimum absolute atomic E-state index is 0.514. The van der Waals surface area contributed by atoms with Gasteiger partial charge in [0.05, 0.1) is 6.54 Å². The van der Waals surface area contributed by atoms with E-state index in [1.54, 1.807) is 12.4 Å². The Labute approximate surface area is 147 Å². The lowest BCUT2D eigenvalue weighted by molar-refractivity contribution is 0.306. The summed E-state index contributed by atoms with van der Waals surface area (Å²) in [5.74, 6) is 2.33. The molecule has 1 aliphatic carbocycles. The first-order valence-electron chi connectivity index (χ1n) is 8.64. The number of benzene rings is 2. The van der Waals surface area contributed by atoms with E-state index in [9.17, 15) is 0 Å². The minimum Gasteiger partial charge on any atom is -0.489 e. The fraction of sp³-hybridized carbons (Fsp3) is 0.238. The first kappa shape index (κ1) is 15.8. The summed E-state index contributed by atoms with van der Waals surface area (Å²) in [6, 6.07) is 21.0. The number of aromatic nitrogens is 2. The molecular formula is C21H21N3O. The Morgan fingerprint density at radius 2 is 1.68 bits per heavy atom. The van der Waals surface area contributed by atoms with Gasteiger partial charge in [0.1, 0.15) is 18.2 Å². The lowest BCUT2D eigenvalue weighted by Gasteiger charge is -2.08. The highest BCUT2D eigenvalue weighted by molar-refractivity contribution is 5.34. The van der Waals surface area contributed by atoms with E-state index in [2.05, 4.69) is 51.7 Å². The summed E-state index contributed by atoms with van der Waals surface area (Å²) < 4.78 is 5.85. The third kappa shape index (κ3) is 4.22. The van der Waals surface area contributed by atoms with E-state index in [-0.39, 0.29) is 0 Å². The van der Waals surface area contributed by atoms with Gasteiger partial charge in [-0.05, 0) is 35.7 Å². The van der Waals surface area contributed by atoms with Gasteiger partial charge in [0, 0.05) is 24.4 Å². The monoisotopic (exact) mass is 331 g/mol. The predicted octanol–water partition coefficient (Wildman–Crippen LogP) is 3.70. The van der Waals surface area contributed by atoms with Gasteiger partial charge in [-0.2, -0.15) is 0 Å². The summed E-state index contributed by atoms with van der Waals surface area (Å²) in [5, 5.41) is 3.53. The van der Waals surface area contributed by atoms with E-state index in [1.165, 1.54) is 11.1 Å². The maximum atomic E-state index is 5.85. The van der Waals surface area contributed by atoms with E-state index in [0.29, 0.717) is 18.6 Å². The van der Waals surface area contributed by atoms with Crippen molar-refractivity contribution in [3.05, 3.63) is 90.0 Å². The lowest BCUT2D eigenvalue weighted by atomic mass is 10.1. The second kappa shape index (κ2) is 7.45. The molecule has 126 valence electrons. The van der Waals surface area contributed by atoms with Crippen LogP contribution in [-0.2, 0) is 13.2 Å². The van der Waals surface area contributed by atoms with Crippen LogP contribution in [0, 0.1) is 0 Å². The third-order valence-corrected chi connectivity index (χ3v) is 4.49. The van der Waals surface area contributed by atoms with Crippen LogP contribution in [0.5, 0.6) is 5.75 Å². The Bertz CT molecular complexity index is 790. The highest BCUT2D eigenvalue weighted by Gasteiger charge is 2.37. The molecular weight excluding hydrogens is 310 g/mol. The van der Waals surface area contributed by atoms with Crippen LogP contribution in [0.3, 0.4) is 0 Å². The number of hydrogen-bond donors (Lipinski definition) is 1. The van der Waals surface area contributed by atoms with Crippen LogP contribution in [0.4, 0.5) is 0 Å². The van der Waals surface area contributed by atoms with Crippen molar-refractivity contribution < 1.29 is 4.74 Å². The molecule has 0 amide bonds. The Morgan fingerprint density at radius 3 is 2.44 bits per heavy atom. The van der Waals surface area contributed by atoms with Crippen molar-refractivity contribution in [1.82, 2.24) is 15.3 Å². The zero-order chi connectivity index (χ0) is 16.9. The zero-order valence-corrected chi connectivity index (χ0v) is 14.0. The van der Waals surface area contributed by atoms with Crippen molar-refractivity contribution in [3.63, 3.8) is 0 Å². The Balaban J connectivity index is 1.27. The molecule has 25 heavy (non-hydrogen) atoms. The van der Waals surface area contributed by atoms with Gasteiger partial charge in [-0.25, -0.2) is 9.97 Å². The van der Waals surface area contributed by atoms with E-state index in [1.807, 2.05) is 24.3 Å². The summed E-state index contributed by atoms with van der Waals surface area (Å²) >= 11 is 0. The normalized spacial score (nSPS) is 18.7. The van der Waals surface area contributed by atoms with Gasteiger partial charge in [0.2, 0.25) is 0 Å². The average molecular weight is 331 g/mol. The second-order valence-corrected chi connectivity index (χ2v) is 6.34. The van der Waals surface area contributed by atoms with Gasteiger partial charge in [-0.3, -0.25) is 0 Å². The van der Waals surface area contributed by atoms with E-state index in [4.69, 9.17) is 4.74 Å². The van der Waals surface area contributed by atoms with Crippen molar-refractivity contribution in [2.45, 2.75) is 31.5 Å². The standard InChI is InChI=1S/C21H21N3O/c1-2-5-16(6-3-1)15-25-18-9-7-17(8-10-18)19-13-20(19)24-14-21-22-11-4-12-23-21/h1-12,19-20,24H,13-15H2.